The van der Waals surface area contributed by atoms with Crippen LogP contribution < -0.4 is 0 Å². The molecule has 0 N–H and O–H groups in total. The highest BCUT2D eigenvalue weighted by atomic mass is 19.1. The van der Waals surface area contributed by atoms with Gasteiger partial charge in [-0.2, -0.15) is 0 Å². The lowest BCUT2D eigenvalue weighted by atomic mass is 10.1. The minimum Gasteiger partial charge on any atom is -0.207 e. The average molecular weight is 413 g/mol. The van der Waals surface area contributed by atoms with Gasteiger partial charge in [-0.25, -0.2) is 8.78 Å². The van der Waals surface area contributed by atoms with Crippen LogP contribution in [-0.4, -0.2) is 0 Å². The topological polar surface area (TPSA) is 0 Å². The quantitative estimate of drug-likeness (QED) is 0.394. The molecular weight excluding hydrogens is 386 g/mol. The Morgan fingerprint density at radius 1 is 0.548 bits per heavy atom. The molecule has 3 aromatic rings. The average Bonchev–Trinajstić information content (AvgIpc) is 2.78. The van der Waals surface area contributed by atoms with Crippen LogP contribution in [0.3, 0.4) is 0 Å². The fraction of sp³-hybridized carbons (Fsp3) is 0.241. The van der Waals surface area contributed by atoms with Crippen molar-refractivity contribution in [1.29, 1.82) is 0 Å². The third-order valence-corrected chi connectivity index (χ3v) is 5.01. The van der Waals surface area contributed by atoms with Crippen molar-refractivity contribution in [3.63, 3.8) is 0 Å². The Morgan fingerprint density at radius 2 is 0.968 bits per heavy atom. The number of hydrogen-bond donors (Lipinski definition) is 0. The molecule has 0 saturated carbocycles. The number of aryl methyl sites for hydroxylation is 2. The first kappa shape index (κ1) is 22.3. The van der Waals surface area contributed by atoms with E-state index in [0.29, 0.717) is 11.1 Å². The van der Waals surface area contributed by atoms with Crippen LogP contribution in [0.1, 0.15) is 66.5 Å². The smallest absolute Gasteiger partial charge is 0.127 e. The maximum absolute atomic E-state index is 14.2. The Bertz CT molecular complexity index is 1150. The summed E-state index contributed by atoms with van der Waals surface area (Å²) in [6.07, 6.45) is 4.43. The van der Waals surface area contributed by atoms with Crippen LogP contribution in [0.4, 0.5) is 8.78 Å². The van der Waals surface area contributed by atoms with Gasteiger partial charge < -0.3 is 0 Å². The van der Waals surface area contributed by atoms with Crippen LogP contribution in [0, 0.1) is 35.3 Å². The molecule has 0 amide bonds. The van der Waals surface area contributed by atoms with E-state index < -0.39 is 0 Å². The zero-order valence-electron chi connectivity index (χ0n) is 18.1. The van der Waals surface area contributed by atoms with Crippen molar-refractivity contribution in [2.45, 2.75) is 46.0 Å². The molecule has 0 aliphatic carbocycles. The minimum atomic E-state index is -0.200. The van der Waals surface area contributed by atoms with Crippen molar-refractivity contribution in [2.75, 3.05) is 0 Å². The molecular formula is C29H26F2. The summed E-state index contributed by atoms with van der Waals surface area (Å²) in [6.45, 7) is 4.13. The first-order valence-electron chi connectivity index (χ1n) is 10.8. The van der Waals surface area contributed by atoms with Gasteiger partial charge in [0.25, 0.3) is 0 Å². The molecule has 0 aliphatic rings. The van der Waals surface area contributed by atoms with Gasteiger partial charge in [0, 0.05) is 22.3 Å². The van der Waals surface area contributed by atoms with Gasteiger partial charge in [0.15, 0.2) is 0 Å². The maximum atomic E-state index is 14.2. The van der Waals surface area contributed by atoms with Crippen molar-refractivity contribution < 1.29 is 8.78 Å². The molecule has 0 heterocycles. The molecule has 0 saturated heterocycles. The number of hydrogen-bond acceptors (Lipinski definition) is 0. The summed E-state index contributed by atoms with van der Waals surface area (Å²) in [5.41, 5.74) is 4.45. The molecule has 156 valence electrons. The molecule has 0 unspecified atom stereocenters. The minimum absolute atomic E-state index is 0.190. The monoisotopic (exact) mass is 412 g/mol. The van der Waals surface area contributed by atoms with Crippen LogP contribution in [0.2, 0.25) is 0 Å². The fourth-order valence-electron chi connectivity index (χ4n) is 3.22. The molecule has 0 bridgehead atoms. The van der Waals surface area contributed by atoms with E-state index in [4.69, 9.17) is 0 Å². The van der Waals surface area contributed by atoms with Gasteiger partial charge in [-0.15, -0.1) is 0 Å². The van der Waals surface area contributed by atoms with Crippen molar-refractivity contribution in [2.24, 2.45) is 0 Å². The van der Waals surface area contributed by atoms with Crippen LogP contribution in [0.25, 0.3) is 0 Å². The van der Waals surface area contributed by atoms with E-state index in [2.05, 4.69) is 30.6 Å². The van der Waals surface area contributed by atoms with E-state index in [-0.39, 0.29) is 11.6 Å². The second kappa shape index (κ2) is 11.1. The van der Waals surface area contributed by atoms with Crippen LogP contribution in [-0.2, 0) is 12.8 Å². The second-order valence-electron chi connectivity index (χ2n) is 7.54. The number of unbranched alkanes of at least 4 members (excludes halogenated alkanes) is 1. The van der Waals surface area contributed by atoms with Crippen LogP contribution in [0.5, 0.6) is 0 Å². The summed E-state index contributed by atoms with van der Waals surface area (Å²) in [6, 6.07) is 17.9. The van der Waals surface area contributed by atoms with Gasteiger partial charge in [-0.1, -0.05) is 62.5 Å². The first-order chi connectivity index (χ1) is 15.1. The van der Waals surface area contributed by atoms with E-state index in [1.807, 2.05) is 49.4 Å². The molecule has 0 nitrogen and oxygen atoms in total. The van der Waals surface area contributed by atoms with Crippen molar-refractivity contribution in [3.8, 4) is 23.7 Å². The molecule has 0 atom stereocenters. The lowest BCUT2D eigenvalue weighted by molar-refractivity contribution is 0.603. The normalized spacial score (nSPS) is 10.1. The molecule has 3 aromatic carbocycles. The van der Waals surface area contributed by atoms with E-state index in [0.717, 1.165) is 54.4 Å². The van der Waals surface area contributed by atoms with E-state index in [1.165, 1.54) is 12.1 Å². The highest BCUT2D eigenvalue weighted by molar-refractivity contribution is 5.48. The van der Waals surface area contributed by atoms with Gasteiger partial charge in [0.1, 0.15) is 11.6 Å². The van der Waals surface area contributed by atoms with Gasteiger partial charge in [-0.3, -0.25) is 0 Å². The Labute approximate surface area is 184 Å². The zero-order chi connectivity index (χ0) is 22.1. The molecule has 3 rings (SSSR count). The summed E-state index contributed by atoms with van der Waals surface area (Å²) in [4.78, 5) is 0. The predicted molar refractivity (Wildman–Crippen MR) is 124 cm³/mol. The van der Waals surface area contributed by atoms with Crippen LogP contribution >= 0.6 is 0 Å². The van der Waals surface area contributed by atoms with E-state index in [1.54, 1.807) is 6.07 Å². The maximum Gasteiger partial charge on any atom is 0.127 e. The molecule has 31 heavy (non-hydrogen) atoms. The lowest BCUT2D eigenvalue weighted by Gasteiger charge is -2.02. The Hall–Kier alpha value is -3.36. The van der Waals surface area contributed by atoms with E-state index in [9.17, 15) is 8.78 Å². The molecule has 0 radical (unpaired) electrons. The standard InChI is InChI=1S/C29H26F2/c1-3-5-7-27-19-17-25(21-29(27)31)15-13-23-10-8-22(9-11-23)12-14-24-16-18-26(6-4-2)28(30)20-24/h8-11,16-21H,3-7H2,1-2H3. The third kappa shape index (κ3) is 6.56. The summed E-state index contributed by atoms with van der Waals surface area (Å²) in [5, 5.41) is 0. The predicted octanol–water partition coefficient (Wildman–Crippen LogP) is 7.06. The number of benzene rings is 3. The third-order valence-electron chi connectivity index (χ3n) is 5.01. The Balaban J connectivity index is 1.68. The van der Waals surface area contributed by atoms with Gasteiger partial charge in [-0.05, 0) is 78.9 Å². The summed E-state index contributed by atoms with van der Waals surface area (Å²) < 4.78 is 28.2. The summed E-state index contributed by atoms with van der Waals surface area (Å²) >= 11 is 0. The van der Waals surface area contributed by atoms with Crippen LogP contribution in [0.15, 0.2) is 60.7 Å². The number of halogens is 2. The van der Waals surface area contributed by atoms with E-state index >= 15 is 0 Å². The van der Waals surface area contributed by atoms with Gasteiger partial charge in [0.05, 0.1) is 0 Å². The molecule has 0 aromatic heterocycles. The highest BCUT2D eigenvalue weighted by Gasteiger charge is 2.02. The zero-order valence-corrected chi connectivity index (χ0v) is 18.1. The highest BCUT2D eigenvalue weighted by Crippen LogP contribution is 2.14. The summed E-state index contributed by atoms with van der Waals surface area (Å²) in [7, 11) is 0. The lowest BCUT2D eigenvalue weighted by Crippen LogP contribution is -1.91. The molecule has 0 spiro atoms. The Kier molecular flexibility index (Phi) is 8.03. The molecule has 2 heteroatoms. The summed E-state index contributed by atoms with van der Waals surface area (Å²) in [5.74, 6) is 11.8. The first-order valence-corrected chi connectivity index (χ1v) is 10.8. The van der Waals surface area contributed by atoms with Crippen molar-refractivity contribution in [1.82, 2.24) is 0 Å². The Morgan fingerprint density at radius 3 is 1.39 bits per heavy atom. The largest absolute Gasteiger partial charge is 0.207 e. The van der Waals surface area contributed by atoms with Gasteiger partial charge >= 0.3 is 0 Å². The fourth-order valence-corrected chi connectivity index (χ4v) is 3.22. The number of rotatable bonds is 5. The molecule has 0 aliphatic heterocycles. The van der Waals surface area contributed by atoms with Gasteiger partial charge in [0.2, 0.25) is 0 Å². The second-order valence-corrected chi connectivity index (χ2v) is 7.54. The van der Waals surface area contributed by atoms with Crippen molar-refractivity contribution >= 4 is 0 Å². The van der Waals surface area contributed by atoms with Crippen molar-refractivity contribution in [3.05, 3.63) is 106 Å². The molecule has 0 fully saturated rings. The SMILES string of the molecule is CCCCc1ccc(C#Cc2ccc(C#Cc3ccc(CCC)c(F)c3)cc2)cc1F.